The summed E-state index contributed by atoms with van der Waals surface area (Å²) in [6.45, 7) is 7.42. The number of anilines is 1. The zero-order valence-corrected chi connectivity index (χ0v) is 15.8. The lowest BCUT2D eigenvalue weighted by Gasteiger charge is -2.32. The molecule has 1 aliphatic carbocycles. The molecule has 1 aromatic rings. The quantitative estimate of drug-likeness (QED) is 0.805. The summed E-state index contributed by atoms with van der Waals surface area (Å²) >= 11 is 0. The number of amides is 1. The Balaban J connectivity index is 1.86. The molecule has 1 saturated heterocycles. The fourth-order valence-corrected chi connectivity index (χ4v) is 2.88. The summed E-state index contributed by atoms with van der Waals surface area (Å²) in [5.41, 5.74) is -0.890. The normalized spacial score (nSPS) is 21.7. The Morgan fingerprint density at radius 3 is 2.26 bits per heavy atom. The van der Waals surface area contributed by atoms with Gasteiger partial charge in [-0.25, -0.2) is 0 Å². The summed E-state index contributed by atoms with van der Waals surface area (Å²) in [6.07, 6.45) is -2.45. The molecule has 9 heteroatoms. The number of carbonyl (C=O) groups is 1. The van der Waals surface area contributed by atoms with Crippen molar-refractivity contribution >= 4 is 24.2 Å². The third-order valence-electron chi connectivity index (χ3n) is 5.49. The van der Waals surface area contributed by atoms with Gasteiger partial charge in [-0.05, 0) is 58.1 Å². The molecule has 0 radical (unpaired) electrons. The zero-order chi connectivity index (χ0) is 20.0. The summed E-state index contributed by atoms with van der Waals surface area (Å²) in [5.74, 6) is -0.939. The van der Waals surface area contributed by atoms with E-state index in [-0.39, 0.29) is 17.5 Å². The topological polar surface area (TPSA) is 56.8 Å². The van der Waals surface area contributed by atoms with Crippen LogP contribution in [0.4, 0.5) is 18.9 Å². The summed E-state index contributed by atoms with van der Waals surface area (Å²) in [6, 6.07) is 4.16. The Bertz CT molecular complexity index is 716. The third-order valence-corrected chi connectivity index (χ3v) is 5.49. The number of benzene rings is 1. The van der Waals surface area contributed by atoms with Crippen LogP contribution in [-0.2, 0) is 14.1 Å². The van der Waals surface area contributed by atoms with Crippen LogP contribution in [0.5, 0.6) is 5.75 Å². The molecule has 1 N–H and O–H groups in total. The van der Waals surface area contributed by atoms with Gasteiger partial charge in [-0.3, -0.25) is 4.79 Å². The van der Waals surface area contributed by atoms with Crippen molar-refractivity contribution in [3.8, 4) is 5.75 Å². The molecule has 1 amide bonds. The van der Waals surface area contributed by atoms with Gasteiger partial charge in [0.25, 0.3) is 0 Å². The molecule has 27 heavy (non-hydrogen) atoms. The molecular weight excluding hydrogens is 362 g/mol. The average Bonchev–Trinajstić information content (AvgIpc) is 2.65. The SMILES string of the molecule is CC1(C)OB(c2ccc(NC(=O)C3CCC3)c(OC(F)(F)F)c2)OC1(C)C. The van der Waals surface area contributed by atoms with E-state index in [1.807, 2.05) is 27.7 Å². The van der Waals surface area contributed by atoms with Crippen LogP contribution in [0.1, 0.15) is 47.0 Å². The van der Waals surface area contributed by atoms with Crippen molar-refractivity contribution < 1.29 is 32.0 Å². The van der Waals surface area contributed by atoms with E-state index in [1.54, 1.807) is 6.07 Å². The molecule has 1 saturated carbocycles. The monoisotopic (exact) mass is 385 g/mol. The highest BCUT2D eigenvalue weighted by Gasteiger charge is 2.52. The van der Waals surface area contributed by atoms with Gasteiger partial charge in [-0.1, -0.05) is 12.5 Å². The Morgan fingerprint density at radius 2 is 1.78 bits per heavy atom. The molecule has 148 valence electrons. The Hall–Kier alpha value is -1.74. The molecule has 1 aromatic carbocycles. The Morgan fingerprint density at radius 1 is 1.19 bits per heavy atom. The van der Waals surface area contributed by atoms with Crippen LogP contribution in [0.2, 0.25) is 0 Å². The van der Waals surface area contributed by atoms with Crippen LogP contribution in [-0.4, -0.2) is 30.6 Å². The number of hydrogen-bond donors (Lipinski definition) is 1. The van der Waals surface area contributed by atoms with Crippen molar-refractivity contribution in [2.75, 3.05) is 5.32 Å². The highest BCUT2D eigenvalue weighted by atomic mass is 19.4. The lowest BCUT2D eigenvalue weighted by atomic mass is 9.79. The van der Waals surface area contributed by atoms with Crippen LogP contribution < -0.4 is 15.5 Å². The standard InChI is InChI=1S/C18H23BF3NO4/c1-16(2)17(3,4)27-19(26-16)12-8-9-13(14(10-12)25-18(20,21)22)23-15(24)11-6-5-7-11/h8-11H,5-7H2,1-4H3,(H,23,24). The first-order valence-corrected chi connectivity index (χ1v) is 8.94. The molecule has 0 aromatic heterocycles. The molecule has 0 unspecified atom stereocenters. The lowest BCUT2D eigenvalue weighted by Crippen LogP contribution is -2.41. The Labute approximate surface area is 156 Å². The van der Waals surface area contributed by atoms with E-state index in [4.69, 9.17) is 9.31 Å². The number of alkyl halides is 3. The maximum Gasteiger partial charge on any atom is 0.573 e. The molecule has 2 fully saturated rings. The van der Waals surface area contributed by atoms with Gasteiger partial charge in [0, 0.05) is 5.92 Å². The first kappa shape index (κ1) is 20.0. The number of carbonyl (C=O) groups excluding carboxylic acids is 1. The van der Waals surface area contributed by atoms with Gasteiger partial charge in [0.15, 0.2) is 5.75 Å². The minimum atomic E-state index is -4.88. The molecule has 0 atom stereocenters. The lowest BCUT2D eigenvalue weighted by molar-refractivity contribution is -0.274. The fraction of sp³-hybridized carbons (Fsp3) is 0.611. The number of ether oxygens (including phenoxy) is 1. The average molecular weight is 385 g/mol. The van der Waals surface area contributed by atoms with Gasteiger partial charge >= 0.3 is 13.5 Å². The van der Waals surface area contributed by atoms with Crippen molar-refractivity contribution in [1.29, 1.82) is 0 Å². The predicted octanol–water partition coefficient (Wildman–Crippen LogP) is 3.62. The van der Waals surface area contributed by atoms with Crippen molar-refractivity contribution in [1.82, 2.24) is 0 Å². The number of rotatable bonds is 4. The van der Waals surface area contributed by atoms with Crippen molar-refractivity contribution in [3.05, 3.63) is 18.2 Å². The van der Waals surface area contributed by atoms with Gasteiger partial charge in [0.05, 0.1) is 16.9 Å². The minimum Gasteiger partial charge on any atom is -0.404 e. The molecule has 1 aliphatic heterocycles. The van der Waals surface area contributed by atoms with E-state index in [2.05, 4.69) is 10.1 Å². The van der Waals surface area contributed by atoms with Crippen LogP contribution in [0.3, 0.4) is 0 Å². The van der Waals surface area contributed by atoms with Crippen LogP contribution in [0.25, 0.3) is 0 Å². The van der Waals surface area contributed by atoms with Crippen molar-refractivity contribution in [2.45, 2.75) is 64.5 Å². The summed E-state index contributed by atoms with van der Waals surface area (Å²) < 4.78 is 54.4. The molecule has 0 bridgehead atoms. The first-order valence-electron chi connectivity index (χ1n) is 8.94. The Kier molecular flexibility index (Phi) is 4.97. The maximum atomic E-state index is 12.9. The highest BCUT2D eigenvalue weighted by molar-refractivity contribution is 6.62. The zero-order valence-electron chi connectivity index (χ0n) is 15.8. The van der Waals surface area contributed by atoms with Gasteiger partial charge in [0.2, 0.25) is 5.91 Å². The fourth-order valence-electron chi connectivity index (χ4n) is 2.88. The molecular formula is C18H23BF3NO4. The van der Waals surface area contributed by atoms with E-state index in [9.17, 15) is 18.0 Å². The molecule has 3 rings (SSSR count). The first-order chi connectivity index (χ1) is 12.4. The van der Waals surface area contributed by atoms with Gasteiger partial charge in [-0.2, -0.15) is 0 Å². The largest absolute Gasteiger partial charge is 0.573 e. The van der Waals surface area contributed by atoms with E-state index in [0.29, 0.717) is 5.46 Å². The van der Waals surface area contributed by atoms with E-state index < -0.39 is 30.4 Å². The molecule has 1 heterocycles. The number of nitrogens with one attached hydrogen (secondary N) is 1. The summed E-state index contributed by atoms with van der Waals surface area (Å²) in [5, 5.41) is 2.54. The summed E-state index contributed by atoms with van der Waals surface area (Å²) in [7, 11) is -0.832. The van der Waals surface area contributed by atoms with Crippen LogP contribution in [0, 0.1) is 5.92 Å². The second-order valence-electron chi connectivity index (χ2n) is 8.01. The van der Waals surface area contributed by atoms with Crippen molar-refractivity contribution in [2.24, 2.45) is 5.92 Å². The minimum absolute atomic E-state index is 0.0236. The van der Waals surface area contributed by atoms with Gasteiger partial charge in [0.1, 0.15) is 0 Å². The molecule has 2 aliphatic rings. The number of hydrogen-bond acceptors (Lipinski definition) is 4. The van der Waals surface area contributed by atoms with Crippen molar-refractivity contribution in [3.63, 3.8) is 0 Å². The van der Waals surface area contributed by atoms with E-state index in [1.165, 1.54) is 12.1 Å². The second kappa shape index (κ2) is 6.70. The molecule has 5 nitrogen and oxygen atoms in total. The third kappa shape index (κ3) is 4.24. The number of halogens is 3. The highest BCUT2D eigenvalue weighted by Crippen LogP contribution is 2.38. The van der Waals surface area contributed by atoms with Gasteiger partial charge in [-0.15, -0.1) is 13.2 Å². The van der Waals surface area contributed by atoms with Gasteiger partial charge < -0.3 is 19.4 Å². The predicted molar refractivity (Wildman–Crippen MR) is 94.8 cm³/mol. The van der Waals surface area contributed by atoms with E-state index >= 15 is 0 Å². The van der Waals surface area contributed by atoms with Crippen LogP contribution >= 0.6 is 0 Å². The summed E-state index contributed by atoms with van der Waals surface area (Å²) in [4.78, 5) is 12.1. The molecule has 0 spiro atoms. The maximum absolute atomic E-state index is 12.9. The van der Waals surface area contributed by atoms with Crippen LogP contribution in [0.15, 0.2) is 18.2 Å². The van der Waals surface area contributed by atoms with E-state index in [0.717, 1.165) is 19.3 Å². The second-order valence-corrected chi connectivity index (χ2v) is 8.01. The smallest absolute Gasteiger partial charge is 0.404 e.